The molecule has 0 radical (unpaired) electrons. The maximum atomic E-state index is 5.17. The van der Waals surface area contributed by atoms with E-state index in [1.165, 1.54) is 38.5 Å². The van der Waals surface area contributed by atoms with Gasteiger partial charge in [0, 0.05) is 12.3 Å². The Labute approximate surface area is 103 Å². The molecule has 3 heteroatoms. The molecule has 0 atom stereocenters. The number of fused-ring (bicyclic) bond motifs is 3. The van der Waals surface area contributed by atoms with E-state index in [2.05, 4.69) is 24.0 Å². The minimum atomic E-state index is 0.244. The second kappa shape index (κ2) is 3.56. The van der Waals surface area contributed by atoms with Crippen molar-refractivity contribution in [1.82, 2.24) is 10.1 Å². The molecule has 0 aliphatic heterocycles. The Kier molecular flexibility index (Phi) is 2.36. The number of rotatable bonds is 2. The summed E-state index contributed by atoms with van der Waals surface area (Å²) >= 11 is 0. The van der Waals surface area contributed by atoms with Crippen LogP contribution in [0, 0.1) is 18.3 Å². The minimum absolute atomic E-state index is 0.244. The lowest BCUT2D eigenvalue weighted by atomic mass is 9.50. The Morgan fingerprint density at radius 1 is 1.06 bits per heavy atom. The van der Waals surface area contributed by atoms with Gasteiger partial charge in [-0.2, -0.15) is 4.98 Å². The van der Waals surface area contributed by atoms with Gasteiger partial charge >= 0.3 is 0 Å². The van der Waals surface area contributed by atoms with Crippen LogP contribution >= 0.6 is 0 Å². The molecule has 4 rings (SSSR count). The van der Waals surface area contributed by atoms with Crippen LogP contribution in [-0.2, 0) is 5.41 Å². The van der Waals surface area contributed by atoms with Crippen LogP contribution in [0.15, 0.2) is 4.52 Å². The van der Waals surface area contributed by atoms with E-state index in [0.717, 1.165) is 11.7 Å². The third-order valence-electron chi connectivity index (χ3n) is 5.53. The fourth-order valence-corrected chi connectivity index (χ4v) is 3.93. The fourth-order valence-electron chi connectivity index (χ4n) is 3.93. The number of hydrogen-bond donors (Lipinski definition) is 0. The molecule has 0 aromatic carbocycles. The Morgan fingerprint density at radius 2 is 1.65 bits per heavy atom. The van der Waals surface area contributed by atoms with Gasteiger partial charge in [0.2, 0.25) is 5.89 Å². The van der Waals surface area contributed by atoms with Gasteiger partial charge in [-0.05, 0) is 49.9 Å². The van der Waals surface area contributed by atoms with Gasteiger partial charge < -0.3 is 4.52 Å². The zero-order chi connectivity index (χ0) is 12.1. The molecule has 3 aliphatic carbocycles. The van der Waals surface area contributed by atoms with Gasteiger partial charge in [0.25, 0.3) is 0 Å². The largest absolute Gasteiger partial charge is 0.340 e. The lowest BCUT2D eigenvalue weighted by molar-refractivity contribution is -0.00237. The summed E-state index contributed by atoms with van der Waals surface area (Å²) in [6.07, 6.45) is 7.80. The molecule has 0 saturated heterocycles. The van der Waals surface area contributed by atoms with E-state index in [9.17, 15) is 0 Å². The van der Waals surface area contributed by atoms with E-state index in [1.54, 1.807) is 0 Å². The first-order valence-electron chi connectivity index (χ1n) is 6.87. The topological polar surface area (TPSA) is 38.9 Å². The van der Waals surface area contributed by atoms with Crippen molar-refractivity contribution in [3.8, 4) is 0 Å². The quantitative estimate of drug-likeness (QED) is 0.784. The average molecular weight is 234 g/mol. The van der Waals surface area contributed by atoms with Crippen LogP contribution in [0.5, 0.6) is 0 Å². The number of aromatic nitrogens is 2. The fraction of sp³-hybridized carbons (Fsp3) is 0.857. The normalized spacial score (nSPS) is 36.7. The summed E-state index contributed by atoms with van der Waals surface area (Å²) in [7, 11) is 0. The smallest absolute Gasteiger partial charge is 0.223 e. The van der Waals surface area contributed by atoms with E-state index in [1.807, 2.05) is 6.92 Å². The maximum absolute atomic E-state index is 5.17. The van der Waals surface area contributed by atoms with Crippen molar-refractivity contribution < 1.29 is 4.52 Å². The molecule has 3 saturated carbocycles. The van der Waals surface area contributed by atoms with Gasteiger partial charge in [-0.3, -0.25) is 0 Å². The van der Waals surface area contributed by atoms with Gasteiger partial charge in [-0.15, -0.1) is 0 Å². The van der Waals surface area contributed by atoms with Crippen molar-refractivity contribution in [1.29, 1.82) is 0 Å². The molecule has 0 amide bonds. The highest BCUT2D eigenvalue weighted by Gasteiger charge is 2.52. The number of aryl methyl sites for hydroxylation is 1. The molecule has 3 aliphatic rings. The molecule has 2 bridgehead atoms. The summed E-state index contributed by atoms with van der Waals surface area (Å²) in [5.74, 6) is 2.50. The SMILES string of the molecule is Cc1nc(C23CCC(C(C)C)(CC2)CC3)no1. The Hall–Kier alpha value is -0.860. The first kappa shape index (κ1) is 11.2. The van der Waals surface area contributed by atoms with Gasteiger partial charge in [0.15, 0.2) is 5.82 Å². The first-order chi connectivity index (χ1) is 8.06. The van der Waals surface area contributed by atoms with Crippen LogP contribution in [0.25, 0.3) is 0 Å². The number of nitrogens with zero attached hydrogens (tertiary/aromatic N) is 2. The lowest BCUT2D eigenvalue weighted by Gasteiger charge is -2.54. The van der Waals surface area contributed by atoms with Gasteiger partial charge in [-0.1, -0.05) is 19.0 Å². The Morgan fingerprint density at radius 3 is 2.06 bits per heavy atom. The van der Waals surface area contributed by atoms with E-state index in [4.69, 9.17) is 4.52 Å². The van der Waals surface area contributed by atoms with Crippen LogP contribution in [0.2, 0.25) is 0 Å². The number of hydrogen-bond acceptors (Lipinski definition) is 3. The standard InChI is InChI=1S/C14H22N2O/c1-10(2)13-4-7-14(8-5-13,9-6-13)12-15-11(3)17-16-12/h10H,4-9H2,1-3H3. The van der Waals surface area contributed by atoms with E-state index in [-0.39, 0.29) is 5.41 Å². The highest BCUT2D eigenvalue weighted by Crippen LogP contribution is 2.59. The van der Waals surface area contributed by atoms with Gasteiger partial charge in [0.1, 0.15) is 0 Å². The maximum Gasteiger partial charge on any atom is 0.223 e. The minimum Gasteiger partial charge on any atom is -0.340 e. The molecule has 17 heavy (non-hydrogen) atoms. The van der Waals surface area contributed by atoms with Crippen LogP contribution in [0.4, 0.5) is 0 Å². The van der Waals surface area contributed by atoms with Crippen molar-refractivity contribution in [2.24, 2.45) is 11.3 Å². The van der Waals surface area contributed by atoms with Crippen LogP contribution < -0.4 is 0 Å². The molecule has 1 aromatic heterocycles. The van der Waals surface area contributed by atoms with Crippen molar-refractivity contribution in [2.45, 2.75) is 64.7 Å². The third-order valence-corrected chi connectivity index (χ3v) is 5.53. The monoisotopic (exact) mass is 234 g/mol. The summed E-state index contributed by atoms with van der Waals surface area (Å²) in [5, 5.41) is 4.19. The predicted octanol–water partition coefficient (Wildman–Crippen LogP) is 3.63. The lowest BCUT2D eigenvalue weighted by Crippen LogP contribution is -2.47. The summed E-state index contributed by atoms with van der Waals surface area (Å²) in [6, 6.07) is 0. The van der Waals surface area contributed by atoms with Crippen molar-refractivity contribution in [3.63, 3.8) is 0 Å². The summed E-state index contributed by atoms with van der Waals surface area (Å²) in [5.41, 5.74) is 0.856. The highest BCUT2D eigenvalue weighted by molar-refractivity contribution is 5.15. The molecule has 1 heterocycles. The van der Waals surface area contributed by atoms with Crippen molar-refractivity contribution in [3.05, 3.63) is 11.7 Å². The molecule has 1 aromatic rings. The second-order valence-corrected chi connectivity index (χ2v) is 6.43. The summed E-state index contributed by atoms with van der Waals surface area (Å²) < 4.78 is 5.17. The highest BCUT2D eigenvalue weighted by atomic mass is 16.5. The summed E-state index contributed by atoms with van der Waals surface area (Å²) in [4.78, 5) is 4.49. The summed E-state index contributed by atoms with van der Waals surface area (Å²) in [6.45, 7) is 6.66. The van der Waals surface area contributed by atoms with E-state index < -0.39 is 0 Å². The van der Waals surface area contributed by atoms with Gasteiger partial charge in [0.05, 0.1) is 0 Å². The molecule has 94 valence electrons. The first-order valence-corrected chi connectivity index (χ1v) is 6.87. The molecule has 0 N–H and O–H groups in total. The molecule has 3 nitrogen and oxygen atoms in total. The van der Waals surface area contributed by atoms with E-state index in [0.29, 0.717) is 11.3 Å². The Balaban J connectivity index is 1.86. The average Bonchev–Trinajstić information content (AvgIpc) is 2.79. The van der Waals surface area contributed by atoms with Crippen molar-refractivity contribution >= 4 is 0 Å². The molecule has 0 spiro atoms. The van der Waals surface area contributed by atoms with Gasteiger partial charge in [-0.25, -0.2) is 0 Å². The second-order valence-electron chi connectivity index (χ2n) is 6.43. The molecular formula is C14H22N2O. The zero-order valence-corrected chi connectivity index (χ0v) is 11.1. The molecular weight excluding hydrogens is 212 g/mol. The van der Waals surface area contributed by atoms with Crippen LogP contribution in [0.1, 0.15) is 64.1 Å². The molecule has 0 unspecified atom stereocenters. The Bertz CT molecular complexity index is 397. The van der Waals surface area contributed by atoms with Crippen LogP contribution in [0.3, 0.4) is 0 Å². The third kappa shape index (κ3) is 1.54. The predicted molar refractivity (Wildman–Crippen MR) is 65.7 cm³/mol. The zero-order valence-electron chi connectivity index (χ0n) is 11.1. The van der Waals surface area contributed by atoms with Crippen LogP contribution in [-0.4, -0.2) is 10.1 Å². The molecule has 3 fully saturated rings. The van der Waals surface area contributed by atoms with Crippen molar-refractivity contribution in [2.75, 3.05) is 0 Å². The van der Waals surface area contributed by atoms with E-state index >= 15 is 0 Å².